The number of carbonyl (C=O) groups excluding carboxylic acids is 1. The van der Waals surface area contributed by atoms with E-state index in [0.717, 1.165) is 69.8 Å². The standard InChI is InChI=1S/C21H33N3O4.HI/c1-2-26-20(25)16-7-9-17(10-8-16)24-21(23-15-19-6-4-14-28-19)22-12-11-18-5-3-13-27-18;/h3,5,13,16-17,19H,2,4,6-12,14-15H2,1H3,(H2,22,23,24);1H. The summed E-state index contributed by atoms with van der Waals surface area (Å²) in [6.45, 7) is 4.58. The summed E-state index contributed by atoms with van der Waals surface area (Å²) in [7, 11) is 0. The first-order valence-electron chi connectivity index (χ1n) is 10.6. The monoisotopic (exact) mass is 519 g/mol. The van der Waals surface area contributed by atoms with Crippen molar-refractivity contribution in [1.29, 1.82) is 0 Å². The van der Waals surface area contributed by atoms with E-state index in [1.54, 1.807) is 6.26 Å². The van der Waals surface area contributed by atoms with Crippen LogP contribution in [0.4, 0.5) is 0 Å². The molecule has 0 spiro atoms. The van der Waals surface area contributed by atoms with Gasteiger partial charge >= 0.3 is 5.97 Å². The molecule has 1 saturated heterocycles. The van der Waals surface area contributed by atoms with Crippen LogP contribution < -0.4 is 10.6 Å². The summed E-state index contributed by atoms with van der Waals surface area (Å²) in [5, 5.41) is 6.97. The van der Waals surface area contributed by atoms with Gasteiger partial charge in [-0.05, 0) is 57.6 Å². The Hall–Kier alpha value is -1.29. The van der Waals surface area contributed by atoms with E-state index in [4.69, 9.17) is 18.9 Å². The third-order valence-corrected chi connectivity index (χ3v) is 5.41. The van der Waals surface area contributed by atoms with Gasteiger partial charge in [0.05, 0.1) is 31.4 Å². The molecule has 1 unspecified atom stereocenters. The summed E-state index contributed by atoms with van der Waals surface area (Å²) in [5.74, 6) is 1.77. The number of furan rings is 1. The fourth-order valence-corrected chi connectivity index (χ4v) is 3.82. The largest absolute Gasteiger partial charge is 0.469 e. The number of nitrogens with one attached hydrogen (secondary N) is 2. The SMILES string of the molecule is CCOC(=O)C1CCC(NC(=NCC2CCCO2)NCCc2ccco2)CC1.I. The lowest BCUT2D eigenvalue weighted by Gasteiger charge is -2.29. The Morgan fingerprint density at radius 2 is 2.10 bits per heavy atom. The second-order valence-corrected chi connectivity index (χ2v) is 7.53. The zero-order valence-corrected chi connectivity index (χ0v) is 19.6. The predicted octanol–water partition coefficient (Wildman–Crippen LogP) is 3.28. The van der Waals surface area contributed by atoms with Gasteiger partial charge in [-0.1, -0.05) is 0 Å². The molecular weight excluding hydrogens is 485 g/mol. The van der Waals surface area contributed by atoms with Crippen LogP contribution in [0.1, 0.15) is 51.2 Å². The summed E-state index contributed by atoms with van der Waals surface area (Å²) >= 11 is 0. The number of halogens is 1. The summed E-state index contributed by atoms with van der Waals surface area (Å²) in [4.78, 5) is 16.7. The van der Waals surface area contributed by atoms with Gasteiger partial charge in [0.1, 0.15) is 5.76 Å². The summed E-state index contributed by atoms with van der Waals surface area (Å²) < 4.78 is 16.3. The molecule has 3 rings (SSSR count). The molecule has 164 valence electrons. The van der Waals surface area contributed by atoms with E-state index in [9.17, 15) is 4.79 Å². The highest BCUT2D eigenvalue weighted by molar-refractivity contribution is 14.0. The third-order valence-electron chi connectivity index (χ3n) is 5.41. The van der Waals surface area contributed by atoms with E-state index in [1.807, 2.05) is 19.1 Å². The van der Waals surface area contributed by atoms with Crippen LogP contribution in [0, 0.1) is 5.92 Å². The van der Waals surface area contributed by atoms with Crippen molar-refractivity contribution in [2.24, 2.45) is 10.9 Å². The normalized spacial score (nSPS) is 24.6. The summed E-state index contributed by atoms with van der Waals surface area (Å²) in [6, 6.07) is 4.21. The van der Waals surface area contributed by atoms with Gasteiger partial charge in [0, 0.05) is 25.6 Å². The van der Waals surface area contributed by atoms with Gasteiger partial charge in [0.15, 0.2) is 5.96 Å². The lowest BCUT2D eigenvalue weighted by atomic mass is 9.86. The second-order valence-electron chi connectivity index (χ2n) is 7.53. The van der Waals surface area contributed by atoms with Gasteiger partial charge in [-0.3, -0.25) is 9.79 Å². The molecule has 1 aliphatic carbocycles. The van der Waals surface area contributed by atoms with Crippen LogP contribution in [0.25, 0.3) is 0 Å². The van der Waals surface area contributed by atoms with E-state index < -0.39 is 0 Å². The van der Waals surface area contributed by atoms with Crippen LogP contribution in [-0.4, -0.2) is 50.4 Å². The number of rotatable bonds is 8. The Kier molecular flexibility index (Phi) is 10.8. The maximum absolute atomic E-state index is 11.9. The first-order chi connectivity index (χ1) is 13.7. The van der Waals surface area contributed by atoms with Crippen LogP contribution in [0.2, 0.25) is 0 Å². The average molecular weight is 519 g/mol. The number of carbonyl (C=O) groups is 1. The van der Waals surface area contributed by atoms with Crippen LogP contribution >= 0.6 is 24.0 Å². The Bertz CT molecular complexity index is 609. The molecule has 1 aromatic heterocycles. The lowest BCUT2D eigenvalue weighted by molar-refractivity contribution is -0.149. The average Bonchev–Trinajstić information content (AvgIpc) is 3.41. The Balaban J connectivity index is 0.00000300. The molecule has 1 aromatic rings. The lowest BCUT2D eigenvalue weighted by Crippen LogP contribution is -2.46. The first-order valence-corrected chi connectivity index (χ1v) is 10.6. The van der Waals surface area contributed by atoms with Crippen molar-refractivity contribution in [2.45, 2.75) is 64.0 Å². The smallest absolute Gasteiger partial charge is 0.308 e. The summed E-state index contributed by atoms with van der Waals surface area (Å²) in [6.07, 6.45) is 8.54. The van der Waals surface area contributed by atoms with Gasteiger partial charge in [-0.2, -0.15) is 0 Å². The summed E-state index contributed by atoms with van der Waals surface area (Å²) in [5.41, 5.74) is 0. The van der Waals surface area contributed by atoms with E-state index in [0.29, 0.717) is 19.2 Å². The van der Waals surface area contributed by atoms with Gasteiger partial charge < -0.3 is 24.5 Å². The zero-order chi connectivity index (χ0) is 19.6. The van der Waals surface area contributed by atoms with Crippen molar-refractivity contribution in [3.05, 3.63) is 24.2 Å². The molecule has 7 nitrogen and oxygen atoms in total. The third kappa shape index (κ3) is 8.16. The molecule has 2 aliphatic rings. The van der Waals surface area contributed by atoms with E-state index in [-0.39, 0.29) is 42.0 Å². The van der Waals surface area contributed by atoms with Crippen LogP contribution in [0.15, 0.2) is 27.8 Å². The Labute approximate surface area is 190 Å². The molecule has 1 atom stereocenters. The van der Waals surface area contributed by atoms with Crippen molar-refractivity contribution in [2.75, 3.05) is 26.3 Å². The fraction of sp³-hybridized carbons (Fsp3) is 0.714. The van der Waals surface area contributed by atoms with Gasteiger partial charge in [-0.15, -0.1) is 24.0 Å². The minimum absolute atomic E-state index is 0. The van der Waals surface area contributed by atoms with Gasteiger partial charge in [0.2, 0.25) is 0 Å². The number of guanidine groups is 1. The molecule has 2 N–H and O–H groups in total. The topological polar surface area (TPSA) is 85.1 Å². The maximum Gasteiger partial charge on any atom is 0.308 e. The zero-order valence-electron chi connectivity index (χ0n) is 17.2. The fourth-order valence-electron chi connectivity index (χ4n) is 3.82. The molecule has 2 heterocycles. The number of hydrogen-bond donors (Lipinski definition) is 2. The molecule has 1 aliphatic heterocycles. The van der Waals surface area contributed by atoms with Crippen molar-refractivity contribution in [1.82, 2.24) is 10.6 Å². The number of ether oxygens (including phenoxy) is 2. The first kappa shape index (κ1) is 24.0. The molecule has 0 bridgehead atoms. The molecule has 1 saturated carbocycles. The molecule has 0 amide bonds. The van der Waals surface area contributed by atoms with Crippen molar-refractivity contribution < 1.29 is 18.7 Å². The van der Waals surface area contributed by atoms with E-state index >= 15 is 0 Å². The van der Waals surface area contributed by atoms with Gasteiger partial charge in [-0.25, -0.2) is 0 Å². The minimum atomic E-state index is -0.0511. The Morgan fingerprint density at radius 1 is 1.28 bits per heavy atom. The molecule has 0 radical (unpaired) electrons. The number of nitrogens with zero attached hydrogens (tertiary/aromatic N) is 1. The molecule has 29 heavy (non-hydrogen) atoms. The molecule has 8 heteroatoms. The van der Waals surface area contributed by atoms with Crippen molar-refractivity contribution in [3.63, 3.8) is 0 Å². The van der Waals surface area contributed by atoms with Crippen molar-refractivity contribution in [3.8, 4) is 0 Å². The Morgan fingerprint density at radius 3 is 2.76 bits per heavy atom. The van der Waals surface area contributed by atoms with Crippen LogP contribution in [0.3, 0.4) is 0 Å². The highest BCUT2D eigenvalue weighted by Crippen LogP contribution is 2.25. The van der Waals surface area contributed by atoms with E-state index in [2.05, 4.69) is 10.6 Å². The van der Waals surface area contributed by atoms with E-state index in [1.165, 1.54) is 0 Å². The highest BCUT2D eigenvalue weighted by atomic mass is 127. The molecule has 2 fully saturated rings. The number of hydrogen-bond acceptors (Lipinski definition) is 5. The predicted molar refractivity (Wildman–Crippen MR) is 123 cm³/mol. The highest BCUT2D eigenvalue weighted by Gasteiger charge is 2.27. The number of aliphatic imine (C=N–C) groups is 1. The van der Waals surface area contributed by atoms with Crippen LogP contribution in [-0.2, 0) is 20.7 Å². The second kappa shape index (κ2) is 13.1. The molecular formula is C21H34IN3O4. The van der Waals surface area contributed by atoms with Crippen molar-refractivity contribution >= 4 is 35.9 Å². The molecule has 0 aromatic carbocycles. The minimum Gasteiger partial charge on any atom is -0.469 e. The van der Waals surface area contributed by atoms with Crippen LogP contribution in [0.5, 0.6) is 0 Å². The number of esters is 1. The maximum atomic E-state index is 11.9. The quantitative estimate of drug-likeness (QED) is 0.238. The van der Waals surface area contributed by atoms with Gasteiger partial charge in [0.25, 0.3) is 0 Å².